The first kappa shape index (κ1) is 21.1. The zero-order valence-electron chi connectivity index (χ0n) is 20.7. The maximum absolute atomic E-state index is 4.39. The summed E-state index contributed by atoms with van der Waals surface area (Å²) < 4.78 is 0. The highest BCUT2D eigenvalue weighted by Crippen LogP contribution is 2.69. The molecule has 0 aliphatic heterocycles. The van der Waals surface area contributed by atoms with Crippen molar-refractivity contribution in [1.82, 2.24) is 9.88 Å². The minimum atomic E-state index is 0.487. The van der Waals surface area contributed by atoms with Gasteiger partial charge in [-0.2, -0.15) is 0 Å². The molecule has 4 aliphatic carbocycles. The lowest BCUT2D eigenvalue weighted by atomic mass is 9.44. The summed E-state index contributed by atoms with van der Waals surface area (Å²) in [6.07, 6.45) is 17.0. The highest BCUT2D eigenvalue weighted by molar-refractivity contribution is 5.82. The number of hydrogen-bond acceptors (Lipinski definition) is 2. The molecule has 2 heteroatoms. The van der Waals surface area contributed by atoms with E-state index >= 15 is 0 Å². The largest absolute Gasteiger partial charge is 0.306 e. The SMILES string of the molecule is CN(C)[C@H]1CC[C@@]2(C)C(CC[C@@H]3C2CC[C@]2(C)[C@@H](c4ccc5ccncc5c4)CC[C@@H]32)C1. The maximum Gasteiger partial charge on any atom is 0.0346 e. The minimum Gasteiger partial charge on any atom is -0.306 e. The second-order valence-corrected chi connectivity index (χ2v) is 12.7. The van der Waals surface area contributed by atoms with Crippen molar-refractivity contribution in [2.45, 2.75) is 83.6 Å². The van der Waals surface area contributed by atoms with Crippen molar-refractivity contribution >= 4 is 10.8 Å². The first-order chi connectivity index (χ1) is 15.4. The van der Waals surface area contributed by atoms with E-state index in [1.54, 1.807) is 5.56 Å². The number of nitrogens with zero attached hydrogens (tertiary/aromatic N) is 2. The molecule has 4 fully saturated rings. The Hall–Kier alpha value is -1.41. The summed E-state index contributed by atoms with van der Waals surface area (Å²) in [6, 6.07) is 10.2. The van der Waals surface area contributed by atoms with E-state index in [0.717, 1.165) is 35.6 Å². The molecule has 172 valence electrons. The fourth-order valence-corrected chi connectivity index (χ4v) is 9.57. The van der Waals surface area contributed by atoms with Crippen LogP contribution in [0.5, 0.6) is 0 Å². The van der Waals surface area contributed by atoms with Crippen molar-refractivity contribution in [2.75, 3.05) is 14.1 Å². The number of benzene rings is 1. The molecule has 0 amide bonds. The van der Waals surface area contributed by atoms with Crippen molar-refractivity contribution in [2.24, 2.45) is 34.5 Å². The number of fused-ring (bicyclic) bond motifs is 6. The van der Waals surface area contributed by atoms with E-state index in [2.05, 4.69) is 68.3 Å². The maximum atomic E-state index is 4.39. The quantitative estimate of drug-likeness (QED) is 0.497. The van der Waals surface area contributed by atoms with E-state index in [0.29, 0.717) is 10.8 Å². The molecular formula is C30H42N2. The lowest BCUT2D eigenvalue weighted by Crippen LogP contribution is -2.54. The standard InChI is InChI=1S/C30H42N2/c1-29-14-11-24(32(3)4)18-23(29)7-8-25-27-10-9-26(30(27,2)15-12-28(25)29)21-6-5-20-13-16-31-19-22(20)17-21/h5-6,13,16-17,19,23-28H,7-12,14-15,18H2,1-4H3/t23?,24-,25-,26+,27-,28?,29-,30+/m0/s1. The van der Waals surface area contributed by atoms with Gasteiger partial charge in [-0.25, -0.2) is 0 Å². The molecule has 1 aromatic heterocycles. The van der Waals surface area contributed by atoms with Crippen LogP contribution in [0.3, 0.4) is 0 Å². The highest BCUT2D eigenvalue weighted by Gasteiger charge is 2.60. The molecular weight excluding hydrogens is 388 g/mol. The van der Waals surface area contributed by atoms with Gasteiger partial charge in [0.15, 0.2) is 0 Å². The summed E-state index contributed by atoms with van der Waals surface area (Å²) in [4.78, 5) is 6.90. The van der Waals surface area contributed by atoms with Gasteiger partial charge in [-0.3, -0.25) is 4.98 Å². The lowest BCUT2D eigenvalue weighted by molar-refractivity contribution is -0.115. The van der Waals surface area contributed by atoms with E-state index in [1.807, 2.05) is 6.20 Å². The van der Waals surface area contributed by atoms with Crippen LogP contribution >= 0.6 is 0 Å². The molecule has 32 heavy (non-hydrogen) atoms. The third-order valence-electron chi connectivity index (χ3n) is 11.4. The molecule has 0 N–H and O–H groups in total. The van der Waals surface area contributed by atoms with Crippen LogP contribution in [0.4, 0.5) is 0 Å². The Labute approximate surface area is 195 Å². The van der Waals surface area contributed by atoms with Crippen molar-refractivity contribution < 1.29 is 0 Å². The molecule has 2 aromatic rings. The van der Waals surface area contributed by atoms with Gasteiger partial charge in [0.2, 0.25) is 0 Å². The van der Waals surface area contributed by atoms with Gasteiger partial charge < -0.3 is 4.90 Å². The van der Waals surface area contributed by atoms with E-state index < -0.39 is 0 Å². The smallest absolute Gasteiger partial charge is 0.0346 e. The number of aromatic nitrogens is 1. The molecule has 6 rings (SSSR count). The third-order valence-corrected chi connectivity index (χ3v) is 11.4. The second kappa shape index (κ2) is 7.55. The van der Waals surface area contributed by atoms with E-state index in [1.165, 1.54) is 68.6 Å². The molecule has 2 unspecified atom stereocenters. The molecule has 2 nitrogen and oxygen atoms in total. The van der Waals surface area contributed by atoms with Crippen molar-refractivity contribution in [3.63, 3.8) is 0 Å². The average Bonchev–Trinajstić information content (AvgIpc) is 3.15. The van der Waals surface area contributed by atoms with Crippen LogP contribution in [0.15, 0.2) is 36.7 Å². The number of hydrogen-bond donors (Lipinski definition) is 0. The third kappa shape index (κ3) is 3.04. The first-order valence-corrected chi connectivity index (χ1v) is 13.4. The minimum absolute atomic E-state index is 0.487. The van der Waals surface area contributed by atoms with Crippen molar-refractivity contribution in [1.29, 1.82) is 0 Å². The van der Waals surface area contributed by atoms with Crippen LogP contribution in [0.25, 0.3) is 10.8 Å². The molecule has 8 atom stereocenters. The Morgan fingerprint density at radius 3 is 2.50 bits per heavy atom. The Bertz CT molecular complexity index is 997. The van der Waals surface area contributed by atoms with Gasteiger partial charge in [0.1, 0.15) is 0 Å². The zero-order valence-corrected chi connectivity index (χ0v) is 20.7. The summed E-state index contributed by atoms with van der Waals surface area (Å²) in [6.45, 7) is 5.39. The van der Waals surface area contributed by atoms with Crippen LogP contribution < -0.4 is 0 Å². The zero-order chi connectivity index (χ0) is 22.1. The van der Waals surface area contributed by atoms with Gasteiger partial charge in [0.25, 0.3) is 0 Å². The topological polar surface area (TPSA) is 16.1 Å². The summed E-state index contributed by atoms with van der Waals surface area (Å²) in [7, 11) is 4.60. The first-order valence-electron chi connectivity index (χ1n) is 13.4. The van der Waals surface area contributed by atoms with Gasteiger partial charge in [-0.05, 0) is 135 Å². The normalized spacial score (nSPS) is 43.7. The van der Waals surface area contributed by atoms with Crippen molar-refractivity contribution in [3.05, 3.63) is 42.2 Å². The number of pyridine rings is 1. The lowest BCUT2D eigenvalue weighted by Gasteiger charge is -2.61. The Morgan fingerprint density at radius 2 is 1.66 bits per heavy atom. The molecule has 0 bridgehead atoms. The van der Waals surface area contributed by atoms with Gasteiger partial charge in [0.05, 0.1) is 0 Å². The monoisotopic (exact) mass is 430 g/mol. The number of rotatable bonds is 2. The second-order valence-electron chi connectivity index (χ2n) is 12.7. The molecule has 1 aromatic carbocycles. The van der Waals surface area contributed by atoms with E-state index in [9.17, 15) is 0 Å². The summed E-state index contributed by atoms with van der Waals surface area (Å²) in [5.74, 6) is 4.56. The fraction of sp³-hybridized carbons (Fsp3) is 0.700. The van der Waals surface area contributed by atoms with Gasteiger partial charge in [0, 0.05) is 23.8 Å². The van der Waals surface area contributed by atoms with Gasteiger partial charge in [-0.15, -0.1) is 0 Å². The molecule has 4 saturated carbocycles. The predicted octanol–water partition coefficient (Wildman–Crippen LogP) is 7.29. The van der Waals surface area contributed by atoms with Crippen LogP contribution in [0.1, 0.15) is 83.1 Å². The van der Waals surface area contributed by atoms with Crippen LogP contribution in [-0.4, -0.2) is 30.0 Å². The van der Waals surface area contributed by atoms with Crippen LogP contribution in [0.2, 0.25) is 0 Å². The highest BCUT2D eigenvalue weighted by atomic mass is 15.1. The summed E-state index contributed by atoms with van der Waals surface area (Å²) in [5.41, 5.74) is 2.67. The Balaban J connectivity index is 1.27. The fourth-order valence-electron chi connectivity index (χ4n) is 9.57. The predicted molar refractivity (Wildman–Crippen MR) is 134 cm³/mol. The molecule has 1 heterocycles. The van der Waals surface area contributed by atoms with Gasteiger partial charge >= 0.3 is 0 Å². The Morgan fingerprint density at radius 1 is 0.844 bits per heavy atom. The van der Waals surface area contributed by atoms with E-state index in [-0.39, 0.29) is 0 Å². The van der Waals surface area contributed by atoms with Crippen LogP contribution in [0, 0.1) is 34.5 Å². The summed E-state index contributed by atoms with van der Waals surface area (Å²) >= 11 is 0. The molecule has 0 radical (unpaired) electrons. The molecule has 4 aliphatic rings. The molecule has 0 saturated heterocycles. The summed E-state index contributed by atoms with van der Waals surface area (Å²) in [5, 5.41) is 2.64. The van der Waals surface area contributed by atoms with E-state index in [4.69, 9.17) is 0 Å². The molecule has 0 spiro atoms. The Kier molecular flexibility index (Phi) is 4.99. The average molecular weight is 431 g/mol. The van der Waals surface area contributed by atoms with Gasteiger partial charge in [-0.1, -0.05) is 26.0 Å². The van der Waals surface area contributed by atoms with Crippen molar-refractivity contribution in [3.8, 4) is 0 Å². The van der Waals surface area contributed by atoms with Crippen LogP contribution in [-0.2, 0) is 0 Å².